The van der Waals surface area contributed by atoms with Gasteiger partial charge in [0.15, 0.2) is 0 Å². The molecule has 0 amide bonds. The number of aromatic nitrogens is 2. The Bertz CT molecular complexity index is 1130. The van der Waals surface area contributed by atoms with Crippen LogP contribution in [0.3, 0.4) is 0 Å². The summed E-state index contributed by atoms with van der Waals surface area (Å²) in [7, 11) is 0. The van der Waals surface area contributed by atoms with Gasteiger partial charge in [0.25, 0.3) is 5.56 Å². The number of nitrogens with one attached hydrogen (secondary N) is 1. The standard InChI is InChI=1S/C22H23N3O3/c1-4-17(23-15(3)16-11-6-5-7-12-16)19-20(26)24-22(28)25(21(19)27)18-13-9-8-10-14(18)2/h5-13,15,27H,4H2,1-3H3,(H,24,26,28). The van der Waals surface area contributed by atoms with Crippen LogP contribution in [0.25, 0.3) is 5.69 Å². The SMILES string of the molecule is CCC(=NC(C)c1ccccc1)c1c(O)n(-c2ccccc2C)c(=O)[nH]c1=O. The monoisotopic (exact) mass is 377 g/mol. The molecule has 0 aliphatic carbocycles. The summed E-state index contributed by atoms with van der Waals surface area (Å²) in [5, 5.41) is 10.9. The van der Waals surface area contributed by atoms with Gasteiger partial charge in [-0.25, -0.2) is 9.36 Å². The van der Waals surface area contributed by atoms with Crippen LogP contribution in [0.4, 0.5) is 0 Å². The van der Waals surface area contributed by atoms with E-state index in [2.05, 4.69) is 9.98 Å². The van der Waals surface area contributed by atoms with Gasteiger partial charge < -0.3 is 5.11 Å². The Morgan fingerprint density at radius 3 is 2.39 bits per heavy atom. The van der Waals surface area contributed by atoms with E-state index >= 15 is 0 Å². The third kappa shape index (κ3) is 3.67. The van der Waals surface area contributed by atoms with Crippen LogP contribution >= 0.6 is 0 Å². The maximum absolute atomic E-state index is 12.5. The van der Waals surface area contributed by atoms with E-state index in [1.165, 1.54) is 0 Å². The van der Waals surface area contributed by atoms with Gasteiger partial charge in [0, 0.05) is 0 Å². The van der Waals surface area contributed by atoms with Gasteiger partial charge in [0.1, 0.15) is 5.56 Å². The van der Waals surface area contributed by atoms with Gasteiger partial charge in [-0.1, -0.05) is 55.5 Å². The van der Waals surface area contributed by atoms with Crippen molar-refractivity contribution in [3.8, 4) is 11.6 Å². The molecule has 1 aromatic heterocycles. The molecule has 28 heavy (non-hydrogen) atoms. The second kappa shape index (κ2) is 8.08. The van der Waals surface area contributed by atoms with Crippen molar-refractivity contribution in [1.29, 1.82) is 0 Å². The molecular weight excluding hydrogens is 354 g/mol. The third-order valence-electron chi connectivity index (χ3n) is 4.70. The molecule has 3 rings (SSSR count). The van der Waals surface area contributed by atoms with Crippen LogP contribution in [-0.4, -0.2) is 20.4 Å². The number of H-pyrrole nitrogens is 1. The molecule has 0 spiro atoms. The van der Waals surface area contributed by atoms with Gasteiger partial charge in [0.2, 0.25) is 5.88 Å². The maximum atomic E-state index is 12.5. The van der Waals surface area contributed by atoms with E-state index < -0.39 is 17.1 Å². The number of para-hydroxylation sites is 1. The van der Waals surface area contributed by atoms with Crippen LogP contribution < -0.4 is 11.2 Å². The fourth-order valence-electron chi connectivity index (χ4n) is 3.20. The van der Waals surface area contributed by atoms with Crippen molar-refractivity contribution in [2.45, 2.75) is 33.2 Å². The van der Waals surface area contributed by atoms with Gasteiger partial charge in [-0.15, -0.1) is 0 Å². The zero-order valence-electron chi connectivity index (χ0n) is 16.1. The smallest absolute Gasteiger partial charge is 0.335 e. The van der Waals surface area contributed by atoms with E-state index in [0.29, 0.717) is 17.8 Å². The summed E-state index contributed by atoms with van der Waals surface area (Å²) in [4.78, 5) is 31.9. The number of aromatic amines is 1. The van der Waals surface area contributed by atoms with Crippen LogP contribution in [-0.2, 0) is 0 Å². The molecule has 0 saturated carbocycles. The van der Waals surface area contributed by atoms with Crippen LogP contribution in [0.15, 0.2) is 69.2 Å². The fraction of sp³-hybridized carbons (Fsp3) is 0.227. The van der Waals surface area contributed by atoms with E-state index in [0.717, 1.165) is 15.7 Å². The molecule has 0 saturated heterocycles. The molecule has 1 unspecified atom stereocenters. The lowest BCUT2D eigenvalue weighted by Crippen LogP contribution is -2.33. The number of nitrogens with zero attached hydrogens (tertiary/aromatic N) is 2. The number of benzene rings is 2. The topological polar surface area (TPSA) is 87.4 Å². The molecule has 0 aliphatic rings. The molecule has 6 heteroatoms. The molecule has 0 radical (unpaired) electrons. The van der Waals surface area contributed by atoms with Gasteiger partial charge in [-0.05, 0) is 37.5 Å². The van der Waals surface area contributed by atoms with Crippen LogP contribution in [0.2, 0.25) is 0 Å². The quantitative estimate of drug-likeness (QED) is 0.667. The minimum atomic E-state index is -0.688. The van der Waals surface area contributed by atoms with Gasteiger partial charge in [0.05, 0.1) is 17.4 Å². The first-order chi connectivity index (χ1) is 13.4. The highest BCUT2D eigenvalue weighted by Crippen LogP contribution is 2.23. The number of rotatable bonds is 5. The van der Waals surface area contributed by atoms with Crippen molar-refractivity contribution in [2.75, 3.05) is 0 Å². The highest BCUT2D eigenvalue weighted by atomic mass is 16.3. The Morgan fingerprint density at radius 2 is 1.75 bits per heavy atom. The van der Waals surface area contributed by atoms with Gasteiger partial charge in [-0.2, -0.15) is 0 Å². The molecule has 144 valence electrons. The van der Waals surface area contributed by atoms with E-state index in [9.17, 15) is 14.7 Å². The summed E-state index contributed by atoms with van der Waals surface area (Å²) in [5.41, 5.74) is 1.43. The summed E-state index contributed by atoms with van der Waals surface area (Å²) in [6.45, 7) is 5.62. The average Bonchev–Trinajstić information content (AvgIpc) is 2.68. The number of aliphatic imine (C=N–C) groups is 1. The lowest BCUT2D eigenvalue weighted by molar-refractivity contribution is 0.429. The van der Waals surface area contributed by atoms with Crippen molar-refractivity contribution in [3.63, 3.8) is 0 Å². The Hall–Kier alpha value is -3.41. The van der Waals surface area contributed by atoms with E-state index in [1.807, 2.05) is 63.2 Å². The van der Waals surface area contributed by atoms with E-state index in [4.69, 9.17) is 0 Å². The first-order valence-corrected chi connectivity index (χ1v) is 9.20. The van der Waals surface area contributed by atoms with Crippen molar-refractivity contribution in [1.82, 2.24) is 9.55 Å². The molecule has 1 heterocycles. The molecule has 2 N–H and O–H groups in total. The van der Waals surface area contributed by atoms with E-state index in [1.54, 1.807) is 12.1 Å². The van der Waals surface area contributed by atoms with Crippen LogP contribution in [0, 0.1) is 6.92 Å². The molecule has 2 aromatic carbocycles. The number of hydrogen-bond acceptors (Lipinski definition) is 4. The maximum Gasteiger partial charge on any atom is 0.335 e. The predicted octanol–water partition coefficient (Wildman–Crippen LogP) is 3.50. The van der Waals surface area contributed by atoms with Crippen molar-refractivity contribution in [2.24, 2.45) is 4.99 Å². The summed E-state index contributed by atoms with van der Waals surface area (Å²) < 4.78 is 1.12. The number of hydrogen-bond donors (Lipinski definition) is 2. The number of aryl methyl sites for hydroxylation is 1. The van der Waals surface area contributed by atoms with Crippen LogP contribution in [0.1, 0.15) is 43.0 Å². The normalized spacial score (nSPS) is 12.8. The zero-order chi connectivity index (χ0) is 20.3. The lowest BCUT2D eigenvalue weighted by Gasteiger charge is -2.15. The Kier molecular flexibility index (Phi) is 5.59. The average molecular weight is 377 g/mol. The van der Waals surface area contributed by atoms with Crippen molar-refractivity contribution < 1.29 is 5.11 Å². The molecule has 1 atom stereocenters. The summed E-state index contributed by atoms with van der Waals surface area (Å²) in [6.07, 6.45) is 0.430. The molecule has 3 aromatic rings. The zero-order valence-corrected chi connectivity index (χ0v) is 16.1. The lowest BCUT2D eigenvalue weighted by atomic mass is 10.1. The molecule has 0 fully saturated rings. The number of aromatic hydroxyl groups is 1. The molecule has 6 nitrogen and oxygen atoms in total. The minimum Gasteiger partial charge on any atom is -0.493 e. The second-order valence-corrected chi connectivity index (χ2v) is 6.60. The largest absolute Gasteiger partial charge is 0.493 e. The molecule has 0 bridgehead atoms. The first kappa shape index (κ1) is 19.4. The summed E-state index contributed by atoms with van der Waals surface area (Å²) in [5.74, 6) is -0.399. The third-order valence-corrected chi connectivity index (χ3v) is 4.70. The highest BCUT2D eigenvalue weighted by Gasteiger charge is 2.20. The van der Waals surface area contributed by atoms with Crippen LogP contribution in [0.5, 0.6) is 5.88 Å². The summed E-state index contributed by atoms with van der Waals surface area (Å²) >= 11 is 0. The first-order valence-electron chi connectivity index (χ1n) is 9.20. The predicted molar refractivity (Wildman–Crippen MR) is 111 cm³/mol. The van der Waals surface area contributed by atoms with Crippen molar-refractivity contribution >= 4 is 5.71 Å². The highest BCUT2D eigenvalue weighted by molar-refractivity contribution is 6.02. The summed E-state index contributed by atoms with van der Waals surface area (Å²) in [6, 6.07) is 16.7. The second-order valence-electron chi connectivity index (χ2n) is 6.60. The van der Waals surface area contributed by atoms with Crippen molar-refractivity contribution in [3.05, 3.63) is 92.1 Å². The molecule has 0 aliphatic heterocycles. The molecular formula is C22H23N3O3. The van der Waals surface area contributed by atoms with Gasteiger partial charge >= 0.3 is 5.69 Å². The Morgan fingerprint density at radius 1 is 1.11 bits per heavy atom. The Labute approximate surface area is 162 Å². The fourth-order valence-corrected chi connectivity index (χ4v) is 3.20. The Balaban J connectivity index is 2.19. The van der Waals surface area contributed by atoms with E-state index in [-0.39, 0.29) is 11.6 Å². The minimum absolute atomic E-state index is 0.0214. The van der Waals surface area contributed by atoms with Gasteiger partial charge in [-0.3, -0.25) is 14.8 Å².